The molecule has 21 heavy (non-hydrogen) atoms. The van der Waals surface area contributed by atoms with Crippen molar-refractivity contribution < 1.29 is 27.5 Å². The normalized spacial score (nSPS) is 20.1. The Labute approximate surface area is 124 Å². The van der Waals surface area contributed by atoms with Gasteiger partial charge in [-0.1, -0.05) is 11.6 Å². The van der Waals surface area contributed by atoms with Crippen LogP contribution in [-0.4, -0.2) is 48.8 Å². The van der Waals surface area contributed by atoms with Crippen LogP contribution in [0.1, 0.15) is 0 Å². The van der Waals surface area contributed by atoms with Crippen molar-refractivity contribution in [3.8, 4) is 0 Å². The number of benzene rings is 1. The maximum absolute atomic E-state index is 13.2. The molecular weight excluding hydrogens is 327 g/mol. The van der Waals surface area contributed by atoms with Crippen LogP contribution in [0.15, 0.2) is 23.1 Å². The number of carbonyl (C=O) groups excluding carboxylic acids is 1. The molecule has 0 bridgehead atoms. The second-order valence-electron chi connectivity index (χ2n) is 4.28. The number of hydrogen-bond acceptors (Lipinski definition) is 4. The summed E-state index contributed by atoms with van der Waals surface area (Å²) in [6, 6.07) is 1.22. The molecule has 1 saturated heterocycles. The monoisotopic (exact) mass is 336 g/mol. The molecule has 7 nitrogen and oxygen atoms in total. The van der Waals surface area contributed by atoms with Crippen LogP contribution in [0.25, 0.3) is 0 Å². The number of aliphatic carboxylic acids is 1. The summed E-state index contributed by atoms with van der Waals surface area (Å²) in [7, 11) is -4.42. The Bertz CT molecular complexity index is 709. The lowest BCUT2D eigenvalue weighted by Crippen LogP contribution is -2.59. The van der Waals surface area contributed by atoms with E-state index in [0.717, 1.165) is 12.1 Å². The lowest BCUT2D eigenvalue weighted by atomic mass is 10.2. The van der Waals surface area contributed by atoms with Crippen LogP contribution in [-0.2, 0) is 19.6 Å². The number of carbonyl (C=O) groups is 2. The van der Waals surface area contributed by atoms with Crippen molar-refractivity contribution in [3.05, 3.63) is 29.0 Å². The highest BCUT2D eigenvalue weighted by atomic mass is 35.5. The van der Waals surface area contributed by atoms with E-state index in [4.69, 9.17) is 16.7 Å². The van der Waals surface area contributed by atoms with E-state index in [-0.39, 0.29) is 11.6 Å². The third-order valence-electron chi connectivity index (χ3n) is 2.90. The van der Waals surface area contributed by atoms with Gasteiger partial charge in [0.2, 0.25) is 15.9 Å². The van der Waals surface area contributed by atoms with Gasteiger partial charge in [-0.05, 0) is 18.2 Å². The first-order valence-electron chi connectivity index (χ1n) is 5.70. The highest BCUT2D eigenvalue weighted by Gasteiger charge is 2.41. The van der Waals surface area contributed by atoms with E-state index in [2.05, 4.69) is 5.32 Å². The van der Waals surface area contributed by atoms with Gasteiger partial charge < -0.3 is 10.4 Å². The molecule has 0 spiro atoms. The Morgan fingerprint density at radius 2 is 2.14 bits per heavy atom. The number of nitrogens with zero attached hydrogens (tertiary/aromatic N) is 1. The zero-order valence-corrected chi connectivity index (χ0v) is 12.0. The summed E-state index contributed by atoms with van der Waals surface area (Å²) in [5.74, 6) is -2.92. The van der Waals surface area contributed by atoms with Crippen molar-refractivity contribution in [2.45, 2.75) is 10.9 Å². The van der Waals surface area contributed by atoms with E-state index < -0.39 is 45.2 Å². The van der Waals surface area contributed by atoms with Crippen LogP contribution in [0.4, 0.5) is 4.39 Å². The van der Waals surface area contributed by atoms with Crippen molar-refractivity contribution in [1.29, 1.82) is 0 Å². The third kappa shape index (κ3) is 2.99. The number of hydrogen-bond donors (Lipinski definition) is 2. The average molecular weight is 337 g/mol. The number of rotatable bonds is 3. The first-order valence-corrected chi connectivity index (χ1v) is 7.51. The average Bonchev–Trinajstić information content (AvgIpc) is 2.41. The molecule has 1 aliphatic rings. The molecule has 1 unspecified atom stereocenters. The summed E-state index contributed by atoms with van der Waals surface area (Å²) < 4.78 is 38.6. The van der Waals surface area contributed by atoms with Crippen molar-refractivity contribution in [2.75, 3.05) is 13.1 Å². The molecule has 2 N–H and O–H groups in total. The smallest absolute Gasteiger partial charge is 0.323 e. The van der Waals surface area contributed by atoms with Crippen molar-refractivity contribution in [3.63, 3.8) is 0 Å². The van der Waals surface area contributed by atoms with Gasteiger partial charge in [0.1, 0.15) is 16.8 Å². The Balaban J connectivity index is 2.52. The fourth-order valence-electron chi connectivity index (χ4n) is 1.88. The largest absolute Gasteiger partial charge is 0.480 e. The molecule has 0 aliphatic carbocycles. The molecule has 1 heterocycles. The molecule has 1 amide bonds. The number of piperazine rings is 1. The minimum absolute atomic E-state index is 0.258. The van der Waals surface area contributed by atoms with Crippen molar-refractivity contribution in [1.82, 2.24) is 9.62 Å². The number of carboxylic acid groups (broad SMARTS) is 1. The van der Waals surface area contributed by atoms with Crippen molar-refractivity contribution >= 4 is 33.5 Å². The van der Waals surface area contributed by atoms with E-state index in [1.807, 2.05) is 0 Å². The number of carboxylic acids is 1. The molecule has 1 aromatic rings. The fourth-order valence-corrected chi connectivity index (χ4v) is 3.91. The summed E-state index contributed by atoms with van der Waals surface area (Å²) in [5, 5.41) is 11.1. The van der Waals surface area contributed by atoms with Crippen LogP contribution in [0, 0.1) is 5.82 Å². The van der Waals surface area contributed by atoms with Gasteiger partial charge in [0.25, 0.3) is 0 Å². The molecule has 10 heteroatoms. The summed E-state index contributed by atoms with van der Waals surface area (Å²) in [4.78, 5) is 21.9. The van der Waals surface area contributed by atoms with E-state index >= 15 is 0 Å². The van der Waals surface area contributed by atoms with E-state index in [0.29, 0.717) is 10.4 Å². The molecule has 1 aromatic carbocycles. The standard InChI is InChI=1S/C11H10ClFN2O5S/c12-7-2-1-6(13)3-9(7)21(19,20)15-5-10(16)14-4-8(15)11(17)18/h1-3,8H,4-5H2,(H,14,16)(H,17,18). The maximum atomic E-state index is 13.2. The molecule has 1 fully saturated rings. The van der Waals surface area contributed by atoms with Gasteiger partial charge in [-0.3, -0.25) is 9.59 Å². The van der Waals surface area contributed by atoms with Gasteiger partial charge in [-0.25, -0.2) is 12.8 Å². The molecular formula is C11H10ClFN2O5S. The summed E-state index contributed by atoms with van der Waals surface area (Å²) in [5.41, 5.74) is 0. The quantitative estimate of drug-likeness (QED) is 0.812. The lowest BCUT2D eigenvalue weighted by Gasteiger charge is -2.31. The number of sulfonamides is 1. The Morgan fingerprint density at radius 3 is 2.76 bits per heavy atom. The maximum Gasteiger partial charge on any atom is 0.323 e. The first kappa shape index (κ1) is 15.7. The highest BCUT2D eigenvalue weighted by Crippen LogP contribution is 2.27. The van der Waals surface area contributed by atoms with Gasteiger partial charge in [0.15, 0.2) is 0 Å². The zero-order chi connectivity index (χ0) is 15.8. The summed E-state index contributed by atoms with van der Waals surface area (Å²) in [6.07, 6.45) is 0. The predicted octanol–water partition coefficient (Wildman–Crippen LogP) is 0.0528. The van der Waals surface area contributed by atoms with Gasteiger partial charge >= 0.3 is 5.97 Å². The SMILES string of the molecule is O=C1CN(S(=O)(=O)c2cc(F)ccc2Cl)C(C(=O)O)CN1. The van der Waals surface area contributed by atoms with Gasteiger partial charge in [-0.15, -0.1) is 0 Å². The molecule has 0 radical (unpaired) electrons. The van der Waals surface area contributed by atoms with E-state index in [9.17, 15) is 22.4 Å². The molecule has 0 saturated carbocycles. The molecule has 114 valence electrons. The number of halogens is 2. The predicted molar refractivity (Wildman–Crippen MR) is 69.7 cm³/mol. The number of amides is 1. The van der Waals surface area contributed by atoms with E-state index in [1.165, 1.54) is 0 Å². The first-order chi connectivity index (χ1) is 9.73. The third-order valence-corrected chi connectivity index (χ3v) is 5.24. The second-order valence-corrected chi connectivity index (χ2v) is 6.55. The Morgan fingerprint density at radius 1 is 1.48 bits per heavy atom. The van der Waals surface area contributed by atoms with Crippen molar-refractivity contribution in [2.24, 2.45) is 0 Å². The summed E-state index contributed by atoms with van der Waals surface area (Å²) in [6.45, 7) is -1.05. The minimum Gasteiger partial charge on any atom is -0.480 e. The number of nitrogens with one attached hydrogen (secondary N) is 1. The Kier molecular flexibility index (Phi) is 4.17. The van der Waals surface area contributed by atoms with Gasteiger partial charge in [0.05, 0.1) is 11.6 Å². The van der Waals surface area contributed by atoms with E-state index in [1.54, 1.807) is 0 Å². The highest BCUT2D eigenvalue weighted by molar-refractivity contribution is 7.89. The Hall–Kier alpha value is -1.71. The molecule has 1 aliphatic heterocycles. The zero-order valence-electron chi connectivity index (χ0n) is 10.4. The molecule has 1 atom stereocenters. The second kappa shape index (κ2) is 5.58. The minimum atomic E-state index is -4.42. The van der Waals surface area contributed by atoms with Crippen LogP contribution >= 0.6 is 11.6 Å². The topological polar surface area (TPSA) is 104 Å². The van der Waals surface area contributed by atoms with Gasteiger partial charge in [0, 0.05) is 6.54 Å². The van der Waals surface area contributed by atoms with Crippen LogP contribution in [0.2, 0.25) is 5.02 Å². The lowest BCUT2D eigenvalue weighted by molar-refractivity contribution is -0.143. The molecule has 0 aromatic heterocycles. The van der Waals surface area contributed by atoms with Crippen LogP contribution in [0.5, 0.6) is 0 Å². The van der Waals surface area contributed by atoms with Crippen LogP contribution < -0.4 is 5.32 Å². The summed E-state index contributed by atoms with van der Waals surface area (Å²) >= 11 is 5.74. The molecule has 2 rings (SSSR count). The fraction of sp³-hybridized carbons (Fsp3) is 0.273. The van der Waals surface area contributed by atoms with Crippen LogP contribution in [0.3, 0.4) is 0 Å². The van der Waals surface area contributed by atoms with Gasteiger partial charge in [-0.2, -0.15) is 4.31 Å².